The zero-order chi connectivity index (χ0) is 19.0. The van der Waals surface area contributed by atoms with E-state index in [1.54, 1.807) is 18.2 Å². The summed E-state index contributed by atoms with van der Waals surface area (Å²) in [6.45, 7) is 6.65. The van der Waals surface area contributed by atoms with Crippen molar-refractivity contribution in [2.45, 2.75) is 33.2 Å². The van der Waals surface area contributed by atoms with E-state index in [1.165, 1.54) is 0 Å². The number of carbonyl (C=O) groups excluding carboxylic acids is 1. The number of fused-ring (bicyclic) bond motifs is 2. The first-order valence-electron chi connectivity index (χ1n) is 9.33. The summed E-state index contributed by atoms with van der Waals surface area (Å²) in [6, 6.07) is 13.6. The van der Waals surface area contributed by atoms with Crippen LogP contribution < -0.4 is 14.4 Å². The number of amides is 1. The number of carbonyl (C=O) groups is 1. The number of rotatable bonds is 5. The Morgan fingerprint density at radius 1 is 1.07 bits per heavy atom. The van der Waals surface area contributed by atoms with Gasteiger partial charge in [0.2, 0.25) is 6.79 Å². The molecule has 0 radical (unpaired) electrons. The molecular formula is C22H24N2O3. The second-order valence-electron chi connectivity index (χ2n) is 7.47. The highest BCUT2D eigenvalue weighted by molar-refractivity contribution is 6.07. The molecule has 1 amide bonds. The maximum atomic E-state index is 13.5. The van der Waals surface area contributed by atoms with Crippen LogP contribution in [0.25, 0.3) is 10.9 Å². The molecule has 3 aromatic rings. The average molecular weight is 364 g/mol. The van der Waals surface area contributed by atoms with Crippen LogP contribution in [0.1, 0.15) is 37.6 Å². The lowest BCUT2D eigenvalue weighted by Gasteiger charge is -2.31. The Kier molecular flexibility index (Phi) is 4.52. The molecule has 0 saturated carbocycles. The Morgan fingerprint density at radius 2 is 1.89 bits per heavy atom. The molecule has 27 heavy (non-hydrogen) atoms. The molecule has 5 heteroatoms. The number of nitrogens with zero attached hydrogens (tertiary/aromatic N) is 1. The SMILES string of the molecule is CC(C)CC(C)N(C(=O)c1ccc2c(c1)OCO2)c1ccc2[nH]ccc2c1. The number of aromatic amines is 1. The van der Waals surface area contributed by atoms with Crippen LogP contribution in [-0.2, 0) is 0 Å². The Balaban J connectivity index is 1.73. The molecule has 140 valence electrons. The third kappa shape index (κ3) is 3.37. The van der Waals surface area contributed by atoms with Crippen LogP contribution in [0, 0.1) is 5.92 Å². The van der Waals surface area contributed by atoms with E-state index in [1.807, 2.05) is 29.3 Å². The largest absolute Gasteiger partial charge is 0.454 e. The van der Waals surface area contributed by atoms with Crippen molar-refractivity contribution in [3.63, 3.8) is 0 Å². The Bertz CT molecular complexity index is 977. The molecule has 0 spiro atoms. The maximum Gasteiger partial charge on any atom is 0.258 e. The van der Waals surface area contributed by atoms with Gasteiger partial charge in [-0.3, -0.25) is 4.79 Å². The van der Waals surface area contributed by atoms with E-state index in [0.717, 1.165) is 23.0 Å². The van der Waals surface area contributed by atoms with Crippen molar-refractivity contribution in [3.8, 4) is 11.5 Å². The van der Waals surface area contributed by atoms with Crippen LogP contribution >= 0.6 is 0 Å². The molecule has 4 rings (SSSR count). The first-order chi connectivity index (χ1) is 13.0. The number of nitrogens with one attached hydrogen (secondary N) is 1. The van der Waals surface area contributed by atoms with Crippen molar-refractivity contribution in [2.24, 2.45) is 5.92 Å². The lowest BCUT2D eigenvalue weighted by molar-refractivity contribution is 0.0975. The lowest BCUT2D eigenvalue weighted by Crippen LogP contribution is -2.39. The molecule has 1 aliphatic rings. The van der Waals surface area contributed by atoms with Crippen molar-refractivity contribution in [3.05, 3.63) is 54.2 Å². The van der Waals surface area contributed by atoms with Crippen LogP contribution in [-0.4, -0.2) is 23.7 Å². The smallest absolute Gasteiger partial charge is 0.258 e. The van der Waals surface area contributed by atoms with Crippen LogP contribution in [0.15, 0.2) is 48.7 Å². The Labute approximate surface area is 158 Å². The van der Waals surface area contributed by atoms with E-state index in [9.17, 15) is 4.79 Å². The summed E-state index contributed by atoms with van der Waals surface area (Å²) >= 11 is 0. The second-order valence-corrected chi connectivity index (χ2v) is 7.47. The molecule has 0 saturated heterocycles. The molecule has 1 N–H and O–H groups in total. The monoisotopic (exact) mass is 364 g/mol. The van der Waals surface area contributed by atoms with E-state index in [4.69, 9.17) is 9.47 Å². The third-order valence-corrected chi connectivity index (χ3v) is 4.91. The predicted molar refractivity (Wildman–Crippen MR) is 107 cm³/mol. The fraction of sp³-hybridized carbons (Fsp3) is 0.318. The molecule has 2 heterocycles. The molecule has 5 nitrogen and oxygen atoms in total. The Morgan fingerprint density at radius 3 is 2.70 bits per heavy atom. The highest BCUT2D eigenvalue weighted by atomic mass is 16.7. The molecule has 1 atom stereocenters. The number of hydrogen-bond donors (Lipinski definition) is 1. The zero-order valence-electron chi connectivity index (χ0n) is 15.9. The van der Waals surface area contributed by atoms with Crippen LogP contribution in [0.4, 0.5) is 5.69 Å². The van der Waals surface area contributed by atoms with Gasteiger partial charge >= 0.3 is 0 Å². The van der Waals surface area contributed by atoms with Gasteiger partial charge in [-0.15, -0.1) is 0 Å². The quantitative estimate of drug-likeness (QED) is 0.695. The molecular weight excluding hydrogens is 340 g/mol. The Hall–Kier alpha value is -2.95. The summed E-state index contributed by atoms with van der Waals surface area (Å²) in [7, 11) is 0. The van der Waals surface area contributed by atoms with Crippen molar-refractivity contribution < 1.29 is 14.3 Å². The predicted octanol–water partition coefficient (Wildman–Crippen LogP) is 4.98. The van der Waals surface area contributed by atoms with E-state index >= 15 is 0 Å². The van der Waals surface area contributed by atoms with Crippen molar-refractivity contribution in [2.75, 3.05) is 11.7 Å². The summed E-state index contributed by atoms with van der Waals surface area (Å²) < 4.78 is 10.8. The molecule has 1 unspecified atom stereocenters. The summed E-state index contributed by atoms with van der Waals surface area (Å²) in [5, 5.41) is 1.09. The van der Waals surface area contributed by atoms with Gasteiger partial charge in [0.05, 0.1) is 0 Å². The number of H-pyrrole nitrogens is 1. The van der Waals surface area contributed by atoms with Gasteiger partial charge in [-0.05, 0) is 61.7 Å². The van der Waals surface area contributed by atoms with Gasteiger partial charge < -0.3 is 19.4 Å². The average Bonchev–Trinajstić information content (AvgIpc) is 3.29. The zero-order valence-corrected chi connectivity index (χ0v) is 15.9. The summed E-state index contributed by atoms with van der Waals surface area (Å²) in [4.78, 5) is 18.6. The van der Waals surface area contributed by atoms with Gasteiger partial charge in [0.15, 0.2) is 11.5 Å². The van der Waals surface area contributed by atoms with Crippen molar-refractivity contribution in [1.82, 2.24) is 4.98 Å². The molecule has 1 aromatic heterocycles. The summed E-state index contributed by atoms with van der Waals surface area (Å²) in [6.07, 6.45) is 2.83. The van der Waals surface area contributed by atoms with Gasteiger partial charge in [0, 0.05) is 34.4 Å². The minimum Gasteiger partial charge on any atom is -0.454 e. The molecule has 0 fully saturated rings. The molecule has 0 bridgehead atoms. The first-order valence-corrected chi connectivity index (χ1v) is 9.33. The molecule has 1 aliphatic heterocycles. The van der Waals surface area contributed by atoms with E-state index < -0.39 is 0 Å². The van der Waals surface area contributed by atoms with Gasteiger partial charge in [-0.2, -0.15) is 0 Å². The van der Waals surface area contributed by atoms with Gasteiger partial charge in [0.25, 0.3) is 5.91 Å². The maximum absolute atomic E-state index is 13.5. The minimum absolute atomic E-state index is 0.0312. The van der Waals surface area contributed by atoms with Crippen LogP contribution in [0.5, 0.6) is 11.5 Å². The minimum atomic E-state index is -0.0312. The number of ether oxygens (including phenoxy) is 2. The standard InChI is InChI=1S/C22H24N2O3/c1-14(2)10-15(3)24(18-5-6-19-16(11-18)8-9-23-19)22(25)17-4-7-20-21(12-17)27-13-26-20/h4-9,11-12,14-15,23H,10,13H2,1-3H3. The van der Waals surface area contributed by atoms with Gasteiger partial charge in [-0.1, -0.05) is 13.8 Å². The number of anilines is 1. The third-order valence-electron chi connectivity index (χ3n) is 4.91. The second kappa shape index (κ2) is 6.99. The van der Waals surface area contributed by atoms with Gasteiger partial charge in [0.1, 0.15) is 0 Å². The fourth-order valence-corrected chi connectivity index (χ4v) is 3.72. The highest BCUT2D eigenvalue weighted by Crippen LogP contribution is 2.34. The fourth-order valence-electron chi connectivity index (χ4n) is 3.72. The van der Waals surface area contributed by atoms with Crippen LogP contribution in [0.2, 0.25) is 0 Å². The van der Waals surface area contributed by atoms with Crippen molar-refractivity contribution >= 4 is 22.5 Å². The van der Waals surface area contributed by atoms with Crippen molar-refractivity contribution in [1.29, 1.82) is 0 Å². The lowest BCUT2D eigenvalue weighted by atomic mass is 10.0. The highest BCUT2D eigenvalue weighted by Gasteiger charge is 2.26. The van der Waals surface area contributed by atoms with Crippen LogP contribution in [0.3, 0.4) is 0 Å². The number of aromatic nitrogens is 1. The number of hydrogen-bond acceptors (Lipinski definition) is 3. The molecule has 0 aliphatic carbocycles. The van der Waals surface area contributed by atoms with E-state index in [0.29, 0.717) is 23.0 Å². The van der Waals surface area contributed by atoms with E-state index in [-0.39, 0.29) is 18.7 Å². The van der Waals surface area contributed by atoms with Gasteiger partial charge in [-0.25, -0.2) is 0 Å². The molecule has 2 aromatic carbocycles. The normalized spacial score (nSPS) is 13.9. The summed E-state index contributed by atoms with van der Waals surface area (Å²) in [5.41, 5.74) is 2.56. The topological polar surface area (TPSA) is 54.6 Å². The first kappa shape index (κ1) is 17.5. The van der Waals surface area contributed by atoms with E-state index in [2.05, 4.69) is 31.8 Å². The number of benzene rings is 2. The summed E-state index contributed by atoms with van der Waals surface area (Å²) in [5.74, 6) is 1.76.